The minimum absolute atomic E-state index is 0.0342. The Labute approximate surface area is 151 Å². The molecule has 1 amide bonds. The number of carboxylic acids is 1. The SMILES string of the molecule is COc1cccc(CNC(=O)c2nc3sc(C(=O)O)c(C)c3c(=O)[nH]2)c1. The van der Waals surface area contributed by atoms with E-state index in [0.29, 0.717) is 11.3 Å². The summed E-state index contributed by atoms with van der Waals surface area (Å²) in [7, 11) is 1.55. The van der Waals surface area contributed by atoms with Crippen molar-refractivity contribution in [2.24, 2.45) is 0 Å². The number of aromatic nitrogens is 2. The number of nitrogens with zero attached hydrogens (tertiary/aromatic N) is 1. The maximum absolute atomic E-state index is 12.3. The first-order valence-corrected chi connectivity index (χ1v) is 8.40. The van der Waals surface area contributed by atoms with Gasteiger partial charge in [0.15, 0.2) is 0 Å². The van der Waals surface area contributed by atoms with Crippen LogP contribution in [0.25, 0.3) is 10.2 Å². The second-order valence-electron chi connectivity index (χ2n) is 5.49. The number of carboxylic acid groups (broad SMARTS) is 1. The monoisotopic (exact) mass is 373 g/mol. The highest BCUT2D eigenvalue weighted by Crippen LogP contribution is 2.26. The van der Waals surface area contributed by atoms with E-state index in [4.69, 9.17) is 9.84 Å². The molecule has 0 saturated carbocycles. The molecular weight excluding hydrogens is 358 g/mol. The normalized spacial score (nSPS) is 10.7. The van der Waals surface area contributed by atoms with Crippen LogP contribution in [0.1, 0.15) is 31.4 Å². The number of ether oxygens (including phenoxy) is 1. The smallest absolute Gasteiger partial charge is 0.346 e. The zero-order valence-electron chi connectivity index (χ0n) is 14.0. The number of fused-ring (bicyclic) bond motifs is 1. The molecule has 0 atom stereocenters. The van der Waals surface area contributed by atoms with Gasteiger partial charge in [-0.3, -0.25) is 9.59 Å². The van der Waals surface area contributed by atoms with Crippen LogP contribution in [-0.2, 0) is 6.54 Å². The average molecular weight is 373 g/mol. The number of aryl methyl sites for hydroxylation is 1. The van der Waals surface area contributed by atoms with Gasteiger partial charge in [0.1, 0.15) is 15.5 Å². The molecule has 0 aliphatic heterocycles. The van der Waals surface area contributed by atoms with Crippen molar-refractivity contribution < 1.29 is 19.4 Å². The first kappa shape index (κ1) is 17.6. The van der Waals surface area contributed by atoms with Crippen molar-refractivity contribution in [3.8, 4) is 5.75 Å². The average Bonchev–Trinajstić information content (AvgIpc) is 2.97. The number of carbonyl (C=O) groups is 2. The summed E-state index contributed by atoms with van der Waals surface area (Å²) in [6.07, 6.45) is 0. The van der Waals surface area contributed by atoms with E-state index in [0.717, 1.165) is 16.9 Å². The summed E-state index contributed by atoms with van der Waals surface area (Å²) >= 11 is 0.870. The van der Waals surface area contributed by atoms with Gasteiger partial charge in [-0.15, -0.1) is 11.3 Å². The lowest BCUT2D eigenvalue weighted by Crippen LogP contribution is -2.27. The van der Waals surface area contributed by atoms with Crippen LogP contribution in [0.4, 0.5) is 0 Å². The van der Waals surface area contributed by atoms with Crippen molar-refractivity contribution in [3.63, 3.8) is 0 Å². The highest BCUT2D eigenvalue weighted by molar-refractivity contribution is 7.20. The van der Waals surface area contributed by atoms with Crippen molar-refractivity contribution in [2.75, 3.05) is 7.11 Å². The highest BCUT2D eigenvalue weighted by Gasteiger charge is 2.20. The molecule has 0 bridgehead atoms. The fourth-order valence-electron chi connectivity index (χ4n) is 2.50. The maximum atomic E-state index is 12.3. The summed E-state index contributed by atoms with van der Waals surface area (Å²) in [5, 5.41) is 12.0. The Morgan fingerprint density at radius 2 is 2.15 bits per heavy atom. The fraction of sp³-hybridized carbons (Fsp3) is 0.176. The number of aromatic amines is 1. The lowest BCUT2D eigenvalue weighted by molar-refractivity contribution is 0.0701. The van der Waals surface area contributed by atoms with Gasteiger partial charge in [0.05, 0.1) is 12.5 Å². The predicted octanol–water partition coefficient (Wildman–Crippen LogP) is 1.93. The van der Waals surface area contributed by atoms with Crippen LogP contribution in [0.5, 0.6) is 5.75 Å². The van der Waals surface area contributed by atoms with E-state index in [2.05, 4.69) is 15.3 Å². The molecule has 9 heteroatoms. The van der Waals surface area contributed by atoms with Gasteiger partial charge in [-0.1, -0.05) is 12.1 Å². The van der Waals surface area contributed by atoms with Gasteiger partial charge in [-0.05, 0) is 30.2 Å². The number of hydrogen-bond donors (Lipinski definition) is 3. The molecule has 0 fully saturated rings. The third kappa shape index (κ3) is 3.29. The quantitative estimate of drug-likeness (QED) is 0.628. The van der Waals surface area contributed by atoms with Gasteiger partial charge in [0.25, 0.3) is 11.5 Å². The summed E-state index contributed by atoms with van der Waals surface area (Å²) in [5.41, 5.74) is 0.624. The molecule has 3 rings (SSSR count). The molecule has 0 aliphatic carbocycles. The van der Waals surface area contributed by atoms with Crippen LogP contribution in [0, 0.1) is 6.92 Å². The second kappa shape index (κ2) is 6.96. The lowest BCUT2D eigenvalue weighted by Gasteiger charge is -2.06. The number of rotatable bonds is 5. The van der Waals surface area contributed by atoms with E-state index in [-0.39, 0.29) is 27.5 Å². The van der Waals surface area contributed by atoms with Crippen molar-refractivity contribution in [2.45, 2.75) is 13.5 Å². The zero-order valence-corrected chi connectivity index (χ0v) is 14.8. The molecule has 8 nitrogen and oxygen atoms in total. The second-order valence-corrected chi connectivity index (χ2v) is 6.49. The van der Waals surface area contributed by atoms with Gasteiger partial charge < -0.3 is 20.1 Å². The van der Waals surface area contributed by atoms with Crippen LogP contribution < -0.4 is 15.6 Å². The Balaban J connectivity index is 1.86. The molecule has 0 saturated heterocycles. The van der Waals surface area contributed by atoms with E-state index < -0.39 is 17.4 Å². The van der Waals surface area contributed by atoms with Gasteiger partial charge in [0.2, 0.25) is 5.82 Å². The number of amides is 1. The van der Waals surface area contributed by atoms with Crippen molar-refractivity contribution in [1.29, 1.82) is 0 Å². The maximum Gasteiger partial charge on any atom is 0.346 e. The Bertz CT molecular complexity index is 1070. The number of benzene rings is 1. The van der Waals surface area contributed by atoms with Crippen molar-refractivity contribution in [3.05, 3.63) is 56.4 Å². The molecule has 26 heavy (non-hydrogen) atoms. The largest absolute Gasteiger partial charge is 0.497 e. The summed E-state index contributed by atoms with van der Waals surface area (Å²) in [6, 6.07) is 7.19. The Morgan fingerprint density at radius 3 is 2.85 bits per heavy atom. The predicted molar refractivity (Wildman–Crippen MR) is 96.1 cm³/mol. The van der Waals surface area contributed by atoms with E-state index in [1.807, 2.05) is 6.07 Å². The first-order chi connectivity index (χ1) is 12.4. The highest BCUT2D eigenvalue weighted by atomic mass is 32.1. The van der Waals surface area contributed by atoms with E-state index in [1.54, 1.807) is 32.2 Å². The van der Waals surface area contributed by atoms with Gasteiger partial charge >= 0.3 is 5.97 Å². The summed E-state index contributed by atoms with van der Waals surface area (Å²) in [6.45, 7) is 1.77. The molecule has 0 unspecified atom stereocenters. The number of thiophene rings is 1. The third-order valence-electron chi connectivity index (χ3n) is 3.80. The molecule has 0 radical (unpaired) electrons. The summed E-state index contributed by atoms with van der Waals surface area (Å²) < 4.78 is 5.12. The molecule has 0 spiro atoms. The molecule has 0 aliphatic rings. The van der Waals surface area contributed by atoms with Crippen LogP contribution in [0.3, 0.4) is 0 Å². The Morgan fingerprint density at radius 1 is 1.38 bits per heavy atom. The topological polar surface area (TPSA) is 121 Å². The van der Waals surface area contributed by atoms with Crippen molar-refractivity contribution in [1.82, 2.24) is 15.3 Å². The number of hydrogen-bond acceptors (Lipinski definition) is 6. The Hall–Kier alpha value is -3.20. The fourth-order valence-corrected chi connectivity index (χ4v) is 3.52. The number of H-pyrrole nitrogens is 1. The third-order valence-corrected chi connectivity index (χ3v) is 4.97. The molecule has 2 heterocycles. The minimum Gasteiger partial charge on any atom is -0.497 e. The number of aromatic carboxylic acids is 1. The molecule has 1 aromatic carbocycles. The number of nitrogens with one attached hydrogen (secondary N) is 2. The standard InChI is InChI=1S/C17H15N3O5S/c1-8-11-14(21)19-13(20-16(11)26-12(8)17(23)24)15(22)18-7-9-4-3-5-10(6-9)25-2/h3-6H,7H2,1-2H3,(H,18,22)(H,23,24)(H,19,20,21). The van der Waals surface area contributed by atoms with E-state index in [9.17, 15) is 14.4 Å². The number of carbonyl (C=O) groups excluding carboxylic acids is 1. The molecule has 2 aromatic heterocycles. The van der Waals surface area contributed by atoms with Gasteiger partial charge in [-0.2, -0.15) is 0 Å². The Kier molecular flexibility index (Phi) is 4.72. The molecule has 134 valence electrons. The van der Waals surface area contributed by atoms with Gasteiger partial charge in [0, 0.05) is 6.54 Å². The molecule has 3 N–H and O–H groups in total. The first-order valence-electron chi connectivity index (χ1n) is 7.58. The summed E-state index contributed by atoms with van der Waals surface area (Å²) in [4.78, 5) is 42.5. The minimum atomic E-state index is -1.13. The number of methoxy groups -OCH3 is 1. The molecular formula is C17H15N3O5S. The lowest BCUT2D eigenvalue weighted by atomic mass is 10.2. The van der Waals surface area contributed by atoms with Crippen molar-refractivity contribution >= 4 is 33.4 Å². The van der Waals surface area contributed by atoms with Crippen LogP contribution in [-0.4, -0.2) is 34.1 Å². The summed E-state index contributed by atoms with van der Waals surface area (Å²) in [5.74, 6) is -1.19. The van der Waals surface area contributed by atoms with Crippen LogP contribution in [0.2, 0.25) is 0 Å². The van der Waals surface area contributed by atoms with Crippen LogP contribution >= 0.6 is 11.3 Å². The molecule has 3 aromatic rings. The van der Waals surface area contributed by atoms with Crippen LogP contribution in [0.15, 0.2) is 29.1 Å². The zero-order chi connectivity index (χ0) is 18.8. The van der Waals surface area contributed by atoms with Gasteiger partial charge in [-0.25, -0.2) is 9.78 Å². The van der Waals surface area contributed by atoms with E-state index >= 15 is 0 Å². The van der Waals surface area contributed by atoms with E-state index in [1.165, 1.54) is 0 Å².